The lowest BCUT2D eigenvalue weighted by Crippen LogP contribution is -2.02. The van der Waals surface area contributed by atoms with Crippen LogP contribution in [0.2, 0.25) is 0 Å². The summed E-state index contributed by atoms with van der Waals surface area (Å²) in [5, 5.41) is 0. The number of benzene rings is 4. The van der Waals surface area contributed by atoms with Crippen LogP contribution in [0, 0.1) is 0 Å². The van der Waals surface area contributed by atoms with E-state index in [2.05, 4.69) is 18.2 Å². The molecule has 4 aromatic rings. The third-order valence-corrected chi connectivity index (χ3v) is 4.57. The molecule has 0 N–H and O–H groups in total. The van der Waals surface area contributed by atoms with E-state index in [1.807, 2.05) is 91.0 Å². The molecule has 0 unspecified atom stereocenters. The predicted molar refractivity (Wildman–Crippen MR) is 119 cm³/mol. The van der Waals surface area contributed by atoms with Crippen LogP contribution in [0.4, 0.5) is 0 Å². The maximum Gasteiger partial charge on any atom is 0.120 e. The third-order valence-electron chi connectivity index (χ3n) is 4.57. The van der Waals surface area contributed by atoms with Gasteiger partial charge in [0, 0.05) is 0 Å². The average molecular weight is 396 g/mol. The Hall–Kier alpha value is -3.72. The molecule has 0 heterocycles. The first-order valence-corrected chi connectivity index (χ1v) is 10.0. The van der Waals surface area contributed by atoms with Gasteiger partial charge in [0.05, 0.1) is 0 Å². The van der Waals surface area contributed by atoms with Crippen molar-refractivity contribution < 1.29 is 14.2 Å². The minimum absolute atomic E-state index is 0.463. The summed E-state index contributed by atoms with van der Waals surface area (Å²) in [6.07, 6.45) is 0. The van der Waals surface area contributed by atoms with E-state index in [0.717, 1.165) is 33.9 Å². The van der Waals surface area contributed by atoms with E-state index in [9.17, 15) is 0 Å². The predicted octanol–water partition coefficient (Wildman–Crippen LogP) is 6.42. The van der Waals surface area contributed by atoms with Crippen molar-refractivity contribution in [3.63, 3.8) is 0 Å². The Labute approximate surface area is 177 Å². The van der Waals surface area contributed by atoms with Gasteiger partial charge in [0.15, 0.2) is 0 Å². The van der Waals surface area contributed by atoms with Gasteiger partial charge in [0.25, 0.3) is 0 Å². The van der Waals surface area contributed by atoms with Gasteiger partial charge >= 0.3 is 0 Å². The van der Waals surface area contributed by atoms with E-state index in [1.54, 1.807) is 0 Å². The topological polar surface area (TPSA) is 27.7 Å². The van der Waals surface area contributed by atoms with Gasteiger partial charge in [-0.2, -0.15) is 0 Å². The first-order chi connectivity index (χ1) is 14.8. The Kier molecular flexibility index (Phi) is 6.64. The summed E-state index contributed by atoms with van der Waals surface area (Å²) in [4.78, 5) is 0. The molecule has 0 aliphatic heterocycles. The van der Waals surface area contributed by atoms with E-state index in [0.29, 0.717) is 19.8 Å². The molecular weight excluding hydrogens is 372 g/mol. The zero-order valence-electron chi connectivity index (χ0n) is 16.7. The number of para-hydroxylation sites is 2. The first kappa shape index (κ1) is 19.6. The standard InChI is InChI=1S/C27H24O3/c1-4-10-22(11-5-1)19-30-27-17-23(20-28-25-12-6-2-7-13-25)16-24(18-27)21-29-26-14-8-3-9-15-26/h1-18H,19-21H2. The van der Waals surface area contributed by atoms with Gasteiger partial charge in [-0.15, -0.1) is 0 Å². The van der Waals surface area contributed by atoms with Crippen LogP contribution in [-0.2, 0) is 19.8 Å². The Morgan fingerprint density at radius 1 is 0.367 bits per heavy atom. The molecule has 4 aromatic carbocycles. The first-order valence-electron chi connectivity index (χ1n) is 10.0. The lowest BCUT2D eigenvalue weighted by molar-refractivity contribution is 0.288. The van der Waals surface area contributed by atoms with Gasteiger partial charge in [-0.1, -0.05) is 66.7 Å². The molecule has 0 aliphatic rings. The molecule has 0 aliphatic carbocycles. The minimum Gasteiger partial charge on any atom is -0.489 e. The third kappa shape index (κ3) is 5.89. The molecular formula is C27H24O3. The Morgan fingerprint density at radius 2 is 0.767 bits per heavy atom. The fraction of sp³-hybridized carbons (Fsp3) is 0.111. The van der Waals surface area contributed by atoms with E-state index < -0.39 is 0 Å². The maximum absolute atomic E-state index is 6.07. The monoisotopic (exact) mass is 396 g/mol. The minimum atomic E-state index is 0.463. The number of rotatable bonds is 9. The maximum atomic E-state index is 6.07. The molecule has 0 saturated carbocycles. The van der Waals surface area contributed by atoms with Crippen LogP contribution in [0.1, 0.15) is 16.7 Å². The van der Waals surface area contributed by atoms with E-state index in [-0.39, 0.29) is 0 Å². The van der Waals surface area contributed by atoms with Crippen LogP contribution in [0.25, 0.3) is 0 Å². The summed E-state index contributed by atoms with van der Waals surface area (Å²) in [7, 11) is 0. The smallest absolute Gasteiger partial charge is 0.120 e. The number of ether oxygens (including phenoxy) is 3. The van der Waals surface area contributed by atoms with Gasteiger partial charge < -0.3 is 14.2 Å². The van der Waals surface area contributed by atoms with Crippen molar-refractivity contribution in [3.8, 4) is 17.2 Å². The van der Waals surface area contributed by atoms with Crippen molar-refractivity contribution in [3.05, 3.63) is 126 Å². The highest BCUT2D eigenvalue weighted by Gasteiger charge is 2.06. The van der Waals surface area contributed by atoms with Crippen LogP contribution < -0.4 is 14.2 Å². The number of hydrogen-bond donors (Lipinski definition) is 0. The highest BCUT2D eigenvalue weighted by Crippen LogP contribution is 2.22. The molecule has 0 amide bonds. The molecule has 0 bridgehead atoms. The summed E-state index contributed by atoms with van der Waals surface area (Å²) in [6.45, 7) is 1.44. The van der Waals surface area contributed by atoms with Crippen molar-refractivity contribution in [1.82, 2.24) is 0 Å². The van der Waals surface area contributed by atoms with E-state index in [4.69, 9.17) is 14.2 Å². The molecule has 3 heteroatoms. The molecule has 3 nitrogen and oxygen atoms in total. The lowest BCUT2D eigenvalue weighted by Gasteiger charge is -2.13. The SMILES string of the molecule is c1ccc(COc2cc(COc3ccccc3)cc(COc3ccccc3)c2)cc1. The van der Waals surface area contributed by atoms with Crippen LogP contribution in [-0.4, -0.2) is 0 Å². The second-order valence-corrected chi connectivity index (χ2v) is 6.96. The zero-order chi connectivity index (χ0) is 20.4. The fourth-order valence-corrected chi connectivity index (χ4v) is 3.09. The van der Waals surface area contributed by atoms with Gasteiger partial charge in [-0.25, -0.2) is 0 Å². The summed E-state index contributed by atoms with van der Waals surface area (Å²) in [5.41, 5.74) is 3.21. The van der Waals surface area contributed by atoms with E-state index in [1.165, 1.54) is 0 Å². The molecule has 150 valence electrons. The molecule has 4 rings (SSSR count). The molecule has 0 atom stereocenters. The Balaban J connectivity index is 1.48. The van der Waals surface area contributed by atoms with Crippen molar-refractivity contribution in [2.45, 2.75) is 19.8 Å². The second kappa shape index (κ2) is 10.2. The summed E-state index contributed by atoms with van der Waals surface area (Å²) >= 11 is 0. The van der Waals surface area contributed by atoms with Crippen LogP contribution in [0.3, 0.4) is 0 Å². The van der Waals surface area contributed by atoms with Crippen LogP contribution >= 0.6 is 0 Å². The van der Waals surface area contributed by atoms with Gasteiger partial charge in [0.2, 0.25) is 0 Å². The van der Waals surface area contributed by atoms with Gasteiger partial charge in [0.1, 0.15) is 37.1 Å². The van der Waals surface area contributed by atoms with Crippen LogP contribution in [0.5, 0.6) is 17.2 Å². The van der Waals surface area contributed by atoms with Crippen molar-refractivity contribution >= 4 is 0 Å². The number of hydrogen-bond acceptors (Lipinski definition) is 3. The zero-order valence-corrected chi connectivity index (χ0v) is 16.7. The van der Waals surface area contributed by atoms with Gasteiger partial charge in [-0.3, -0.25) is 0 Å². The second-order valence-electron chi connectivity index (χ2n) is 6.96. The van der Waals surface area contributed by atoms with Crippen molar-refractivity contribution in [1.29, 1.82) is 0 Å². The van der Waals surface area contributed by atoms with Crippen LogP contribution in [0.15, 0.2) is 109 Å². The molecule has 0 fully saturated rings. The Morgan fingerprint density at radius 3 is 1.27 bits per heavy atom. The largest absolute Gasteiger partial charge is 0.489 e. The summed E-state index contributed by atoms with van der Waals surface area (Å²) in [6, 6.07) is 35.9. The summed E-state index contributed by atoms with van der Waals surface area (Å²) < 4.78 is 17.9. The molecule has 0 saturated heterocycles. The normalized spacial score (nSPS) is 10.4. The van der Waals surface area contributed by atoms with E-state index >= 15 is 0 Å². The fourth-order valence-electron chi connectivity index (χ4n) is 3.09. The van der Waals surface area contributed by atoms with Crippen molar-refractivity contribution in [2.24, 2.45) is 0 Å². The lowest BCUT2D eigenvalue weighted by atomic mass is 10.1. The Bertz CT molecular complexity index is 882. The molecule has 0 radical (unpaired) electrons. The molecule has 0 aromatic heterocycles. The molecule has 0 spiro atoms. The highest BCUT2D eigenvalue weighted by atomic mass is 16.5. The van der Waals surface area contributed by atoms with Gasteiger partial charge in [-0.05, 0) is 59.2 Å². The van der Waals surface area contributed by atoms with Crippen molar-refractivity contribution in [2.75, 3.05) is 0 Å². The highest BCUT2D eigenvalue weighted by molar-refractivity contribution is 5.35. The quantitative estimate of drug-likeness (QED) is 0.326. The average Bonchev–Trinajstić information content (AvgIpc) is 2.82. The molecule has 30 heavy (non-hydrogen) atoms. The summed E-state index contributed by atoms with van der Waals surface area (Å²) in [5.74, 6) is 2.49.